The molecule has 7 heteroatoms. The van der Waals surface area contributed by atoms with Gasteiger partial charge in [-0.2, -0.15) is 0 Å². The Morgan fingerprint density at radius 2 is 1.83 bits per heavy atom. The van der Waals surface area contributed by atoms with Crippen LogP contribution in [0.2, 0.25) is 0 Å². The third-order valence-corrected chi connectivity index (χ3v) is 2.93. The minimum Gasteiger partial charge on any atom is -0.490 e. The number of benzene rings is 1. The molecule has 0 aromatic heterocycles. The summed E-state index contributed by atoms with van der Waals surface area (Å²) < 4.78 is 29.2. The van der Waals surface area contributed by atoms with Crippen LogP contribution in [0.4, 0.5) is 4.39 Å². The Bertz CT molecular complexity index is 640. The Labute approximate surface area is 140 Å². The molecule has 0 saturated carbocycles. The van der Waals surface area contributed by atoms with Crippen molar-refractivity contribution in [2.45, 2.75) is 13.8 Å². The first-order valence-electron chi connectivity index (χ1n) is 7.46. The van der Waals surface area contributed by atoms with Crippen molar-refractivity contribution >= 4 is 11.8 Å². The molecule has 0 aliphatic rings. The van der Waals surface area contributed by atoms with E-state index in [1.807, 2.05) is 0 Å². The van der Waals surface area contributed by atoms with Crippen LogP contribution in [0.3, 0.4) is 0 Å². The molecule has 0 aliphatic carbocycles. The fourth-order valence-corrected chi connectivity index (χ4v) is 2.01. The van der Waals surface area contributed by atoms with Gasteiger partial charge in [-0.15, -0.1) is 0 Å². The van der Waals surface area contributed by atoms with Crippen molar-refractivity contribution in [3.63, 3.8) is 0 Å². The lowest BCUT2D eigenvalue weighted by atomic mass is 10.0. The molecule has 24 heavy (non-hydrogen) atoms. The molecule has 1 rings (SSSR count). The van der Waals surface area contributed by atoms with Gasteiger partial charge in [-0.05, 0) is 26.0 Å². The first kappa shape index (κ1) is 19.5. The van der Waals surface area contributed by atoms with Crippen LogP contribution in [0.25, 0.3) is 0 Å². The van der Waals surface area contributed by atoms with Crippen molar-refractivity contribution in [3.05, 3.63) is 35.3 Å². The van der Waals surface area contributed by atoms with E-state index in [-0.39, 0.29) is 35.8 Å². The Kier molecular flexibility index (Phi) is 7.23. The number of methoxy groups -OCH3 is 1. The summed E-state index contributed by atoms with van der Waals surface area (Å²) >= 11 is 0. The second kappa shape index (κ2) is 8.90. The summed E-state index contributed by atoms with van der Waals surface area (Å²) in [5.41, 5.74) is -0.160. The van der Waals surface area contributed by atoms with Gasteiger partial charge in [0.15, 0.2) is 17.3 Å². The molecule has 1 aromatic carbocycles. The van der Waals surface area contributed by atoms with E-state index in [9.17, 15) is 14.0 Å². The monoisotopic (exact) mass is 339 g/mol. The number of carbonyl (C=O) groups excluding carboxylic acids is 2. The highest BCUT2D eigenvalue weighted by molar-refractivity contribution is 6.25. The molecular weight excluding hydrogens is 317 g/mol. The zero-order chi connectivity index (χ0) is 18.3. The van der Waals surface area contributed by atoms with E-state index in [0.717, 1.165) is 6.07 Å². The second-order valence-electron chi connectivity index (χ2n) is 4.95. The molecule has 0 N–H and O–H groups in total. The van der Waals surface area contributed by atoms with Crippen LogP contribution in [0.1, 0.15) is 24.2 Å². The molecule has 0 amide bonds. The zero-order valence-electron chi connectivity index (χ0n) is 14.5. The van der Waals surface area contributed by atoms with E-state index in [2.05, 4.69) is 0 Å². The number of hydrogen-bond donors (Lipinski definition) is 0. The highest BCUT2D eigenvalue weighted by Crippen LogP contribution is 2.35. The number of rotatable bonds is 8. The van der Waals surface area contributed by atoms with Crippen LogP contribution in [0.5, 0.6) is 11.5 Å². The molecule has 6 nitrogen and oxygen atoms in total. The lowest BCUT2D eigenvalue weighted by Gasteiger charge is -2.16. The van der Waals surface area contributed by atoms with Gasteiger partial charge in [0.1, 0.15) is 5.57 Å². The lowest BCUT2D eigenvalue weighted by molar-refractivity contribution is -0.138. The fourth-order valence-electron chi connectivity index (χ4n) is 2.01. The topological polar surface area (TPSA) is 65.1 Å². The third-order valence-electron chi connectivity index (χ3n) is 2.93. The van der Waals surface area contributed by atoms with E-state index in [1.54, 1.807) is 32.8 Å². The lowest BCUT2D eigenvalue weighted by Crippen LogP contribution is -2.20. The molecular formula is C17H22FNO5. The Morgan fingerprint density at radius 1 is 1.17 bits per heavy atom. The van der Waals surface area contributed by atoms with Crippen LogP contribution in [-0.2, 0) is 9.53 Å². The van der Waals surface area contributed by atoms with E-state index in [1.165, 1.54) is 19.4 Å². The number of hydrogen-bond acceptors (Lipinski definition) is 6. The Balaban J connectivity index is 3.46. The predicted molar refractivity (Wildman–Crippen MR) is 86.9 cm³/mol. The van der Waals surface area contributed by atoms with Gasteiger partial charge in [-0.25, -0.2) is 9.18 Å². The highest BCUT2D eigenvalue weighted by Gasteiger charge is 2.27. The molecule has 0 radical (unpaired) electrons. The van der Waals surface area contributed by atoms with Gasteiger partial charge < -0.3 is 19.1 Å². The Hall–Kier alpha value is -2.57. The van der Waals surface area contributed by atoms with Gasteiger partial charge in [0.2, 0.25) is 5.78 Å². The molecule has 0 saturated heterocycles. The molecule has 1 aromatic rings. The largest absolute Gasteiger partial charge is 0.490 e. The van der Waals surface area contributed by atoms with Crippen LogP contribution in [-0.4, -0.2) is 51.1 Å². The minimum absolute atomic E-state index is 0.0243. The molecule has 132 valence electrons. The number of nitrogens with zero attached hydrogens (tertiary/aromatic N) is 1. The zero-order valence-corrected chi connectivity index (χ0v) is 14.5. The summed E-state index contributed by atoms with van der Waals surface area (Å²) in [5.74, 6) is -2.28. The average Bonchev–Trinajstić information content (AvgIpc) is 2.53. The quantitative estimate of drug-likeness (QED) is 0.238. The standard InChI is InChI=1S/C17H22FNO5/c1-6-23-15-11(8-9-13(18)16(15)22-5)14(20)12(10-19(3)4)17(21)24-7-2/h8-10H,6-7H2,1-5H3/b12-10-. The van der Waals surface area contributed by atoms with Crippen molar-refractivity contribution in [1.29, 1.82) is 0 Å². The Morgan fingerprint density at radius 3 is 2.33 bits per heavy atom. The molecule has 0 bridgehead atoms. The number of carbonyl (C=O) groups is 2. The van der Waals surface area contributed by atoms with Crippen LogP contribution in [0, 0.1) is 5.82 Å². The SMILES string of the molecule is CCOC(=O)/C(=C\N(C)C)C(=O)c1ccc(F)c(OC)c1OCC. The highest BCUT2D eigenvalue weighted by atomic mass is 19.1. The van der Waals surface area contributed by atoms with Crippen LogP contribution in [0.15, 0.2) is 23.9 Å². The molecule has 0 heterocycles. The number of halogens is 1. The molecule has 0 spiro atoms. The maximum Gasteiger partial charge on any atom is 0.343 e. The molecule has 0 fully saturated rings. The number of ether oxygens (including phenoxy) is 3. The van der Waals surface area contributed by atoms with Gasteiger partial charge in [0.05, 0.1) is 25.9 Å². The van der Waals surface area contributed by atoms with Crippen molar-refractivity contribution in [3.8, 4) is 11.5 Å². The summed E-state index contributed by atoms with van der Waals surface area (Å²) in [4.78, 5) is 26.5. The third kappa shape index (κ3) is 4.47. The summed E-state index contributed by atoms with van der Waals surface area (Å²) in [6, 6.07) is 2.35. The van der Waals surface area contributed by atoms with Crippen molar-refractivity contribution in [1.82, 2.24) is 4.90 Å². The first-order valence-corrected chi connectivity index (χ1v) is 7.46. The average molecular weight is 339 g/mol. The molecule has 0 unspecified atom stereocenters. The predicted octanol–water partition coefficient (Wildman–Crippen LogP) is 2.42. The number of Topliss-reactive ketones (excluding diaryl/α,β-unsaturated/α-hetero) is 1. The summed E-state index contributed by atoms with van der Waals surface area (Å²) in [5, 5.41) is 0. The summed E-state index contributed by atoms with van der Waals surface area (Å²) in [6.07, 6.45) is 1.35. The van der Waals surface area contributed by atoms with Crippen molar-refractivity contribution in [2.75, 3.05) is 34.4 Å². The first-order chi connectivity index (χ1) is 11.4. The van der Waals surface area contributed by atoms with Gasteiger partial charge in [-0.1, -0.05) is 0 Å². The van der Waals surface area contributed by atoms with E-state index < -0.39 is 17.6 Å². The number of esters is 1. The van der Waals surface area contributed by atoms with Gasteiger partial charge in [0, 0.05) is 20.3 Å². The normalized spacial score (nSPS) is 11.0. The maximum atomic E-state index is 13.9. The van der Waals surface area contributed by atoms with Gasteiger partial charge in [0.25, 0.3) is 0 Å². The second-order valence-corrected chi connectivity index (χ2v) is 4.95. The van der Waals surface area contributed by atoms with E-state index in [0.29, 0.717) is 0 Å². The molecule has 0 aliphatic heterocycles. The minimum atomic E-state index is -0.762. The maximum absolute atomic E-state index is 13.9. The van der Waals surface area contributed by atoms with Crippen molar-refractivity contribution < 1.29 is 28.2 Å². The van der Waals surface area contributed by atoms with Crippen LogP contribution < -0.4 is 9.47 Å². The van der Waals surface area contributed by atoms with Crippen LogP contribution >= 0.6 is 0 Å². The van der Waals surface area contributed by atoms with Gasteiger partial charge in [-0.3, -0.25) is 4.79 Å². The van der Waals surface area contributed by atoms with Crippen molar-refractivity contribution in [2.24, 2.45) is 0 Å². The molecule has 0 atom stereocenters. The fraction of sp³-hybridized carbons (Fsp3) is 0.412. The number of ketones is 1. The summed E-state index contributed by atoms with van der Waals surface area (Å²) in [7, 11) is 4.61. The van der Waals surface area contributed by atoms with E-state index >= 15 is 0 Å². The van der Waals surface area contributed by atoms with Gasteiger partial charge >= 0.3 is 5.97 Å². The smallest absolute Gasteiger partial charge is 0.343 e. The summed E-state index contributed by atoms with van der Waals surface area (Å²) in [6.45, 7) is 3.66. The van der Waals surface area contributed by atoms with E-state index in [4.69, 9.17) is 14.2 Å².